The summed E-state index contributed by atoms with van der Waals surface area (Å²) in [4.78, 5) is 20.0. The molecule has 2 heterocycles. The lowest BCUT2D eigenvalue weighted by atomic mass is 10.1. The maximum absolute atomic E-state index is 12.3. The monoisotopic (exact) mass is 370 g/mol. The van der Waals surface area contributed by atoms with Crippen LogP contribution in [0.3, 0.4) is 0 Å². The van der Waals surface area contributed by atoms with E-state index < -0.39 is 0 Å². The first-order chi connectivity index (χ1) is 12.7. The van der Waals surface area contributed by atoms with Gasteiger partial charge in [-0.3, -0.25) is 14.7 Å². The number of nitrogens with one attached hydrogen (secondary N) is 2. The summed E-state index contributed by atoms with van der Waals surface area (Å²) in [5.74, 6) is 0.966. The molecule has 2 aromatic rings. The molecule has 5 nitrogen and oxygen atoms in total. The minimum absolute atomic E-state index is 0.0882. The Morgan fingerprint density at radius 1 is 1.35 bits per heavy atom. The number of hydrogen-bond donors (Lipinski definition) is 2. The van der Waals surface area contributed by atoms with E-state index in [0.29, 0.717) is 13.1 Å². The molecule has 1 fully saturated rings. The lowest BCUT2D eigenvalue weighted by Gasteiger charge is -2.35. The molecule has 0 spiro atoms. The molecule has 1 saturated heterocycles. The van der Waals surface area contributed by atoms with Crippen LogP contribution in [0.25, 0.3) is 0 Å². The maximum atomic E-state index is 12.3. The van der Waals surface area contributed by atoms with Gasteiger partial charge in [0.05, 0.1) is 6.54 Å². The molecule has 6 heteroatoms. The first-order valence-electron chi connectivity index (χ1n) is 9.03. The summed E-state index contributed by atoms with van der Waals surface area (Å²) >= 11 is 1.77. The smallest absolute Gasteiger partial charge is 0.234 e. The number of carbonyl (C=O) groups is 1. The molecule has 0 radical (unpaired) electrons. The van der Waals surface area contributed by atoms with Crippen LogP contribution in [0.2, 0.25) is 0 Å². The van der Waals surface area contributed by atoms with Gasteiger partial charge >= 0.3 is 0 Å². The van der Waals surface area contributed by atoms with Crippen molar-refractivity contribution in [1.82, 2.24) is 20.5 Å². The van der Waals surface area contributed by atoms with Crippen molar-refractivity contribution in [2.45, 2.75) is 17.9 Å². The van der Waals surface area contributed by atoms with Crippen molar-refractivity contribution >= 4 is 17.7 Å². The zero-order valence-corrected chi connectivity index (χ0v) is 16.0. The highest BCUT2D eigenvalue weighted by Gasteiger charge is 2.25. The van der Waals surface area contributed by atoms with E-state index in [1.807, 2.05) is 12.3 Å². The molecular weight excluding hydrogens is 344 g/mol. The van der Waals surface area contributed by atoms with Crippen LogP contribution in [-0.4, -0.2) is 54.3 Å². The highest BCUT2D eigenvalue weighted by Crippen LogP contribution is 2.21. The van der Waals surface area contributed by atoms with E-state index in [1.165, 1.54) is 10.5 Å². The highest BCUT2D eigenvalue weighted by molar-refractivity contribution is 7.99. The third-order valence-corrected chi connectivity index (χ3v) is 5.50. The summed E-state index contributed by atoms with van der Waals surface area (Å²) in [5.41, 5.74) is 2.42. The molecule has 26 heavy (non-hydrogen) atoms. The van der Waals surface area contributed by atoms with Crippen LogP contribution < -0.4 is 10.6 Å². The average molecular weight is 371 g/mol. The van der Waals surface area contributed by atoms with Gasteiger partial charge in [-0.1, -0.05) is 23.8 Å². The van der Waals surface area contributed by atoms with Crippen LogP contribution in [-0.2, 0) is 4.79 Å². The molecule has 1 atom stereocenters. The molecule has 0 aliphatic carbocycles. The van der Waals surface area contributed by atoms with Gasteiger partial charge < -0.3 is 10.6 Å². The fourth-order valence-corrected chi connectivity index (χ4v) is 3.84. The fourth-order valence-electron chi connectivity index (χ4n) is 3.07. The Balaban J connectivity index is 1.43. The number of carbonyl (C=O) groups excluding carboxylic acids is 1. The van der Waals surface area contributed by atoms with Gasteiger partial charge in [-0.05, 0) is 30.7 Å². The van der Waals surface area contributed by atoms with Crippen molar-refractivity contribution in [3.05, 3.63) is 59.9 Å². The Morgan fingerprint density at radius 3 is 2.96 bits per heavy atom. The second kappa shape index (κ2) is 9.71. The molecule has 1 amide bonds. The van der Waals surface area contributed by atoms with Gasteiger partial charge in [0, 0.05) is 55.3 Å². The first kappa shape index (κ1) is 18.9. The molecule has 1 aliphatic rings. The van der Waals surface area contributed by atoms with E-state index in [0.717, 1.165) is 31.0 Å². The largest absolute Gasteiger partial charge is 0.354 e. The third-order valence-electron chi connectivity index (χ3n) is 4.48. The molecule has 1 aliphatic heterocycles. The lowest BCUT2D eigenvalue weighted by Crippen LogP contribution is -2.49. The summed E-state index contributed by atoms with van der Waals surface area (Å²) in [6, 6.07) is 12.7. The molecule has 3 rings (SSSR count). The number of pyridine rings is 1. The van der Waals surface area contributed by atoms with E-state index in [-0.39, 0.29) is 11.9 Å². The average Bonchev–Trinajstić information content (AvgIpc) is 2.68. The van der Waals surface area contributed by atoms with E-state index >= 15 is 0 Å². The minimum Gasteiger partial charge on any atom is -0.354 e. The highest BCUT2D eigenvalue weighted by atomic mass is 32.2. The Kier molecular flexibility index (Phi) is 7.05. The van der Waals surface area contributed by atoms with Crippen LogP contribution >= 0.6 is 11.8 Å². The number of aryl methyl sites for hydroxylation is 1. The Morgan fingerprint density at radius 2 is 2.19 bits per heavy atom. The summed E-state index contributed by atoms with van der Waals surface area (Å²) in [5, 5.41) is 6.45. The second-order valence-corrected chi connectivity index (χ2v) is 7.66. The fraction of sp³-hybridized carbons (Fsp3) is 0.400. The van der Waals surface area contributed by atoms with E-state index in [1.54, 1.807) is 18.0 Å². The summed E-state index contributed by atoms with van der Waals surface area (Å²) < 4.78 is 0. The molecule has 1 aromatic carbocycles. The van der Waals surface area contributed by atoms with E-state index in [9.17, 15) is 4.79 Å². The number of nitrogens with zero attached hydrogens (tertiary/aromatic N) is 2. The Labute approximate surface area is 159 Å². The molecule has 2 N–H and O–H groups in total. The van der Waals surface area contributed by atoms with Crippen LogP contribution in [0, 0.1) is 6.92 Å². The Hall–Kier alpha value is -1.89. The van der Waals surface area contributed by atoms with Crippen LogP contribution in [0.5, 0.6) is 0 Å². The predicted molar refractivity (Wildman–Crippen MR) is 106 cm³/mol. The second-order valence-electron chi connectivity index (χ2n) is 6.49. The SMILES string of the molecule is Cc1ccc(SCCNC(=O)CN2CCNCC2c2cccnc2)cc1. The number of piperazine rings is 1. The summed E-state index contributed by atoms with van der Waals surface area (Å²) in [6.07, 6.45) is 3.67. The van der Waals surface area contributed by atoms with Crippen molar-refractivity contribution in [3.63, 3.8) is 0 Å². The third kappa shape index (κ3) is 5.56. The first-order valence-corrected chi connectivity index (χ1v) is 10.0. The van der Waals surface area contributed by atoms with Gasteiger partial charge in [0.1, 0.15) is 0 Å². The van der Waals surface area contributed by atoms with Crippen molar-refractivity contribution < 1.29 is 4.79 Å². The zero-order chi connectivity index (χ0) is 18.2. The van der Waals surface area contributed by atoms with E-state index in [4.69, 9.17) is 0 Å². The molecule has 1 unspecified atom stereocenters. The molecule has 0 saturated carbocycles. The summed E-state index contributed by atoms with van der Waals surface area (Å²) in [6.45, 7) is 5.82. The van der Waals surface area contributed by atoms with Crippen molar-refractivity contribution in [2.24, 2.45) is 0 Å². The number of aromatic nitrogens is 1. The van der Waals surface area contributed by atoms with Crippen molar-refractivity contribution in [2.75, 3.05) is 38.5 Å². The topological polar surface area (TPSA) is 57.3 Å². The number of thioether (sulfide) groups is 1. The van der Waals surface area contributed by atoms with E-state index in [2.05, 4.69) is 57.8 Å². The van der Waals surface area contributed by atoms with Gasteiger partial charge in [0.15, 0.2) is 0 Å². The van der Waals surface area contributed by atoms with Gasteiger partial charge in [0.2, 0.25) is 5.91 Å². The lowest BCUT2D eigenvalue weighted by molar-refractivity contribution is -0.122. The van der Waals surface area contributed by atoms with Crippen LogP contribution in [0.1, 0.15) is 17.2 Å². The Bertz CT molecular complexity index is 693. The number of hydrogen-bond acceptors (Lipinski definition) is 5. The van der Waals surface area contributed by atoms with Crippen LogP contribution in [0.4, 0.5) is 0 Å². The standard InChI is InChI=1S/C20H26N4OS/c1-16-4-6-18(7-5-16)26-12-10-23-20(25)15-24-11-9-22-14-19(24)17-3-2-8-21-13-17/h2-8,13,19,22H,9-12,14-15H2,1H3,(H,23,25). The van der Waals surface area contributed by atoms with Gasteiger partial charge in [0.25, 0.3) is 0 Å². The molecule has 0 bridgehead atoms. The maximum Gasteiger partial charge on any atom is 0.234 e. The molecule has 138 valence electrons. The zero-order valence-electron chi connectivity index (χ0n) is 15.1. The summed E-state index contributed by atoms with van der Waals surface area (Å²) in [7, 11) is 0. The van der Waals surface area contributed by atoms with Gasteiger partial charge in [-0.2, -0.15) is 0 Å². The predicted octanol–water partition coefficient (Wildman–Crippen LogP) is 2.24. The van der Waals surface area contributed by atoms with Crippen LogP contribution in [0.15, 0.2) is 53.7 Å². The minimum atomic E-state index is 0.0882. The van der Waals surface area contributed by atoms with Crippen molar-refractivity contribution in [3.8, 4) is 0 Å². The number of benzene rings is 1. The quantitative estimate of drug-likeness (QED) is 0.578. The van der Waals surface area contributed by atoms with Gasteiger partial charge in [-0.15, -0.1) is 11.8 Å². The van der Waals surface area contributed by atoms with Crippen molar-refractivity contribution in [1.29, 1.82) is 0 Å². The normalized spacial score (nSPS) is 17.8. The molecule has 1 aromatic heterocycles. The molecular formula is C20H26N4OS. The van der Waals surface area contributed by atoms with Gasteiger partial charge in [-0.25, -0.2) is 0 Å². The number of rotatable bonds is 7. The number of amides is 1.